The highest BCUT2D eigenvalue weighted by atomic mass is 79.9. The van der Waals surface area contributed by atoms with Crippen molar-refractivity contribution in [2.75, 3.05) is 6.61 Å². The third kappa shape index (κ3) is 7.37. The van der Waals surface area contributed by atoms with Gasteiger partial charge >= 0.3 is 0 Å². The first-order chi connectivity index (χ1) is 13.8. The minimum Gasteiger partial charge on any atom is -0.484 e. The molecule has 0 aliphatic rings. The van der Waals surface area contributed by atoms with Crippen molar-refractivity contribution in [1.29, 1.82) is 0 Å². The highest BCUT2D eigenvalue weighted by molar-refractivity contribution is 9.10. The van der Waals surface area contributed by atoms with Gasteiger partial charge in [0.15, 0.2) is 6.61 Å². The van der Waals surface area contributed by atoms with Crippen LogP contribution in [0.2, 0.25) is 5.02 Å². The summed E-state index contributed by atoms with van der Waals surface area (Å²) in [5.74, 6) is 0.0344. The quantitative estimate of drug-likeness (QED) is 0.559. The van der Waals surface area contributed by atoms with E-state index in [1.165, 1.54) is 4.90 Å². The number of ether oxygens (including phenoxy) is 1. The van der Waals surface area contributed by atoms with Gasteiger partial charge in [0, 0.05) is 22.1 Å². The molecular formula is C22H26BrClN2O3. The van der Waals surface area contributed by atoms with Crippen molar-refractivity contribution in [2.45, 2.75) is 45.8 Å². The molecule has 2 amide bonds. The Morgan fingerprint density at radius 3 is 2.55 bits per heavy atom. The third-order valence-electron chi connectivity index (χ3n) is 4.57. The fraction of sp³-hybridized carbons (Fsp3) is 0.364. The first-order valence-electron chi connectivity index (χ1n) is 9.52. The van der Waals surface area contributed by atoms with Gasteiger partial charge in [0.25, 0.3) is 5.91 Å². The lowest BCUT2D eigenvalue weighted by molar-refractivity contribution is -0.142. The van der Waals surface area contributed by atoms with E-state index in [1.54, 1.807) is 31.2 Å². The molecule has 0 radical (unpaired) electrons. The maximum Gasteiger partial charge on any atom is 0.261 e. The van der Waals surface area contributed by atoms with Crippen LogP contribution in [0.15, 0.2) is 53.0 Å². The van der Waals surface area contributed by atoms with E-state index in [4.69, 9.17) is 16.3 Å². The van der Waals surface area contributed by atoms with Gasteiger partial charge in [-0.1, -0.05) is 52.7 Å². The molecule has 0 spiro atoms. The average molecular weight is 482 g/mol. The highest BCUT2D eigenvalue weighted by Gasteiger charge is 2.27. The Bertz CT molecular complexity index is 846. The summed E-state index contributed by atoms with van der Waals surface area (Å²) >= 11 is 9.41. The molecule has 2 atom stereocenters. The number of nitrogens with one attached hydrogen (secondary N) is 1. The monoisotopic (exact) mass is 480 g/mol. The Morgan fingerprint density at radius 2 is 1.90 bits per heavy atom. The molecule has 0 aliphatic carbocycles. The van der Waals surface area contributed by atoms with Crippen LogP contribution in [0.4, 0.5) is 0 Å². The van der Waals surface area contributed by atoms with E-state index in [0.29, 0.717) is 17.3 Å². The molecule has 5 nitrogen and oxygen atoms in total. The van der Waals surface area contributed by atoms with Crippen LogP contribution < -0.4 is 10.1 Å². The standard InChI is InChI=1S/C22H26BrClN2O3/c1-4-15(2)25-22(28)16(3)26(13-17-7-5-8-18(23)11-17)21(27)14-29-20-10-6-9-19(24)12-20/h5-12,15-16H,4,13-14H2,1-3H3,(H,25,28)/t15-,16+/m1/s1. The molecule has 29 heavy (non-hydrogen) atoms. The number of halogens is 2. The number of hydrogen-bond donors (Lipinski definition) is 1. The minimum atomic E-state index is -0.640. The van der Waals surface area contributed by atoms with Gasteiger partial charge in [0.2, 0.25) is 5.91 Å². The topological polar surface area (TPSA) is 58.6 Å². The number of rotatable bonds is 9. The molecule has 2 aromatic rings. The number of nitrogens with zero attached hydrogens (tertiary/aromatic N) is 1. The average Bonchev–Trinajstić information content (AvgIpc) is 2.69. The summed E-state index contributed by atoms with van der Waals surface area (Å²) < 4.78 is 6.52. The van der Waals surface area contributed by atoms with E-state index in [1.807, 2.05) is 38.1 Å². The lowest BCUT2D eigenvalue weighted by Gasteiger charge is -2.29. The number of benzene rings is 2. The highest BCUT2D eigenvalue weighted by Crippen LogP contribution is 2.18. The second-order valence-electron chi connectivity index (χ2n) is 6.89. The molecule has 0 unspecified atom stereocenters. The molecule has 0 heterocycles. The second kappa shape index (κ2) is 11.2. The Labute approximate surface area is 185 Å². The zero-order chi connectivity index (χ0) is 21.4. The fourth-order valence-electron chi connectivity index (χ4n) is 2.66. The fourth-order valence-corrected chi connectivity index (χ4v) is 3.29. The van der Waals surface area contributed by atoms with Crippen LogP contribution in [-0.4, -0.2) is 35.4 Å². The summed E-state index contributed by atoms with van der Waals surface area (Å²) in [5, 5.41) is 3.47. The number of carbonyl (C=O) groups is 2. The zero-order valence-corrected chi connectivity index (χ0v) is 19.2. The van der Waals surface area contributed by atoms with Crippen molar-refractivity contribution in [1.82, 2.24) is 10.2 Å². The minimum absolute atomic E-state index is 0.0375. The van der Waals surface area contributed by atoms with Crippen molar-refractivity contribution in [3.05, 3.63) is 63.6 Å². The maximum atomic E-state index is 13.0. The molecule has 7 heteroatoms. The largest absolute Gasteiger partial charge is 0.484 e. The smallest absolute Gasteiger partial charge is 0.261 e. The van der Waals surface area contributed by atoms with Gasteiger partial charge in [0.1, 0.15) is 11.8 Å². The van der Waals surface area contributed by atoms with E-state index < -0.39 is 6.04 Å². The Kier molecular flexibility index (Phi) is 8.99. The van der Waals surface area contributed by atoms with Gasteiger partial charge in [-0.05, 0) is 56.2 Å². The van der Waals surface area contributed by atoms with E-state index >= 15 is 0 Å². The van der Waals surface area contributed by atoms with E-state index in [-0.39, 0.29) is 24.5 Å². The van der Waals surface area contributed by atoms with Crippen LogP contribution in [0.1, 0.15) is 32.8 Å². The van der Waals surface area contributed by atoms with E-state index in [0.717, 1.165) is 16.5 Å². The summed E-state index contributed by atoms with van der Waals surface area (Å²) in [7, 11) is 0. The molecule has 0 fully saturated rings. The lowest BCUT2D eigenvalue weighted by Crippen LogP contribution is -2.50. The van der Waals surface area contributed by atoms with Gasteiger partial charge in [-0.3, -0.25) is 9.59 Å². The molecule has 0 saturated carbocycles. The summed E-state index contributed by atoms with van der Waals surface area (Å²) in [4.78, 5) is 27.2. The summed E-state index contributed by atoms with van der Waals surface area (Å²) in [6, 6.07) is 13.9. The van der Waals surface area contributed by atoms with Crippen molar-refractivity contribution < 1.29 is 14.3 Å². The molecule has 2 aromatic carbocycles. The van der Waals surface area contributed by atoms with Gasteiger partial charge in [-0.15, -0.1) is 0 Å². The number of hydrogen-bond acceptors (Lipinski definition) is 3. The Balaban J connectivity index is 2.15. The number of carbonyl (C=O) groups excluding carboxylic acids is 2. The normalized spacial score (nSPS) is 12.7. The van der Waals surface area contributed by atoms with Crippen molar-refractivity contribution in [2.24, 2.45) is 0 Å². The predicted octanol–water partition coefficient (Wildman–Crippen LogP) is 4.81. The molecule has 156 valence electrons. The Morgan fingerprint density at radius 1 is 1.17 bits per heavy atom. The molecule has 0 aliphatic heterocycles. The maximum absolute atomic E-state index is 13.0. The predicted molar refractivity (Wildman–Crippen MR) is 119 cm³/mol. The van der Waals surface area contributed by atoms with Crippen LogP contribution >= 0.6 is 27.5 Å². The van der Waals surface area contributed by atoms with Gasteiger partial charge in [0.05, 0.1) is 0 Å². The number of amides is 2. The van der Waals surface area contributed by atoms with Crippen LogP contribution in [-0.2, 0) is 16.1 Å². The SMILES string of the molecule is CC[C@@H](C)NC(=O)[C@H](C)N(Cc1cccc(Br)c1)C(=O)COc1cccc(Cl)c1. The lowest BCUT2D eigenvalue weighted by atomic mass is 10.1. The first-order valence-corrected chi connectivity index (χ1v) is 10.7. The van der Waals surface area contributed by atoms with Gasteiger partial charge in [-0.25, -0.2) is 0 Å². The summed E-state index contributed by atoms with van der Waals surface area (Å²) in [6.45, 7) is 5.78. The van der Waals surface area contributed by atoms with Gasteiger partial charge in [-0.2, -0.15) is 0 Å². The molecule has 0 saturated heterocycles. The van der Waals surface area contributed by atoms with E-state index in [2.05, 4.69) is 21.2 Å². The van der Waals surface area contributed by atoms with Crippen molar-refractivity contribution in [3.8, 4) is 5.75 Å². The first kappa shape index (κ1) is 23.2. The third-order valence-corrected chi connectivity index (χ3v) is 5.30. The van der Waals surface area contributed by atoms with Crippen LogP contribution in [0, 0.1) is 0 Å². The van der Waals surface area contributed by atoms with Crippen molar-refractivity contribution in [3.63, 3.8) is 0 Å². The molecule has 1 N–H and O–H groups in total. The van der Waals surface area contributed by atoms with Crippen LogP contribution in [0.25, 0.3) is 0 Å². The zero-order valence-electron chi connectivity index (χ0n) is 16.8. The molecular weight excluding hydrogens is 456 g/mol. The summed E-state index contributed by atoms with van der Waals surface area (Å²) in [6.07, 6.45) is 0.815. The van der Waals surface area contributed by atoms with E-state index in [9.17, 15) is 9.59 Å². The molecule has 2 rings (SSSR count). The van der Waals surface area contributed by atoms with Gasteiger partial charge < -0.3 is 15.0 Å². The molecule has 0 aromatic heterocycles. The van der Waals surface area contributed by atoms with Crippen LogP contribution in [0.3, 0.4) is 0 Å². The summed E-state index contributed by atoms with van der Waals surface area (Å²) in [5.41, 5.74) is 0.915. The second-order valence-corrected chi connectivity index (χ2v) is 8.24. The van der Waals surface area contributed by atoms with Crippen LogP contribution in [0.5, 0.6) is 5.75 Å². The van der Waals surface area contributed by atoms with Crippen molar-refractivity contribution >= 4 is 39.3 Å². The Hall–Kier alpha value is -2.05. The molecule has 0 bridgehead atoms.